The van der Waals surface area contributed by atoms with Crippen molar-refractivity contribution in [2.24, 2.45) is 12.8 Å². The minimum atomic E-state index is -0.715. The van der Waals surface area contributed by atoms with Crippen LogP contribution in [0, 0.1) is 6.92 Å². The average molecular weight is 271 g/mol. The summed E-state index contributed by atoms with van der Waals surface area (Å²) in [4.78, 5) is 22.3. The first-order valence-corrected chi connectivity index (χ1v) is 5.67. The first-order chi connectivity index (χ1) is 8.32. The Morgan fingerprint density at radius 2 is 2.17 bits per heavy atom. The lowest BCUT2D eigenvalue weighted by molar-refractivity contribution is -0.124. The van der Waals surface area contributed by atoms with Crippen LogP contribution in [0.3, 0.4) is 0 Å². The molecule has 1 heterocycles. The van der Waals surface area contributed by atoms with Gasteiger partial charge in [-0.25, -0.2) is 0 Å². The molecule has 98 valence electrons. The molecule has 3 N–H and O–H groups in total. The highest BCUT2D eigenvalue weighted by molar-refractivity contribution is 6.31. The average Bonchev–Trinajstić information content (AvgIpc) is 2.51. The summed E-state index contributed by atoms with van der Waals surface area (Å²) in [5, 5.41) is 6.97. The van der Waals surface area contributed by atoms with Crippen molar-refractivity contribution < 1.29 is 9.59 Å². The van der Waals surface area contributed by atoms with Crippen LogP contribution in [0.5, 0.6) is 0 Å². The number of amides is 2. The number of nitrogens with two attached hydrogens (primary N) is 1. The van der Waals surface area contributed by atoms with Gasteiger partial charge in [0.15, 0.2) is 0 Å². The molecule has 0 aromatic carbocycles. The lowest BCUT2D eigenvalue weighted by Crippen LogP contribution is -2.41. The first-order valence-electron chi connectivity index (χ1n) is 5.30. The maximum Gasteiger partial charge on any atom is 0.244 e. The van der Waals surface area contributed by atoms with E-state index < -0.39 is 17.9 Å². The first kappa shape index (κ1) is 14.2. The third-order valence-corrected chi connectivity index (χ3v) is 2.83. The summed E-state index contributed by atoms with van der Waals surface area (Å²) >= 11 is 6.00. The van der Waals surface area contributed by atoms with Crippen LogP contribution in [0.15, 0.2) is 6.08 Å². The third kappa shape index (κ3) is 3.33. The van der Waals surface area contributed by atoms with E-state index in [-0.39, 0.29) is 0 Å². The van der Waals surface area contributed by atoms with Crippen LogP contribution in [-0.2, 0) is 16.6 Å². The topological polar surface area (TPSA) is 90.0 Å². The Morgan fingerprint density at radius 1 is 1.56 bits per heavy atom. The summed E-state index contributed by atoms with van der Waals surface area (Å²) in [7, 11) is 1.71. The third-order valence-electron chi connectivity index (χ3n) is 2.38. The number of hydrogen-bond acceptors (Lipinski definition) is 3. The summed E-state index contributed by atoms with van der Waals surface area (Å²) in [6, 6.07) is -0.715. The predicted octanol–water partition coefficient (Wildman–Crippen LogP) is 0.385. The normalized spacial score (nSPS) is 12.7. The molecule has 1 aromatic heterocycles. The summed E-state index contributed by atoms with van der Waals surface area (Å²) in [5.41, 5.74) is 6.42. The van der Waals surface area contributed by atoms with Crippen LogP contribution in [0.1, 0.15) is 18.2 Å². The molecule has 7 heteroatoms. The number of nitrogens with zero attached hydrogens (tertiary/aromatic N) is 2. The quantitative estimate of drug-likeness (QED) is 0.775. The van der Waals surface area contributed by atoms with E-state index in [1.807, 2.05) is 0 Å². The van der Waals surface area contributed by atoms with Crippen molar-refractivity contribution in [2.75, 3.05) is 0 Å². The Bertz CT molecular complexity index is 507. The number of aromatic nitrogens is 2. The molecule has 0 radical (unpaired) electrons. The monoisotopic (exact) mass is 270 g/mol. The molecule has 18 heavy (non-hydrogen) atoms. The molecule has 0 spiro atoms. The molecule has 0 bridgehead atoms. The van der Waals surface area contributed by atoms with E-state index in [0.29, 0.717) is 10.7 Å². The van der Waals surface area contributed by atoms with Crippen molar-refractivity contribution in [2.45, 2.75) is 19.9 Å². The van der Waals surface area contributed by atoms with Crippen LogP contribution >= 0.6 is 11.6 Å². The molecule has 1 rings (SSSR count). The van der Waals surface area contributed by atoms with E-state index in [1.54, 1.807) is 20.0 Å². The number of nitrogens with one attached hydrogen (secondary N) is 1. The van der Waals surface area contributed by atoms with Gasteiger partial charge >= 0.3 is 0 Å². The zero-order chi connectivity index (χ0) is 13.9. The smallest absolute Gasteiger partial charge is 0.244 e. The minimum Gasteiger partial charge on any atom is -0.368 e. The number of carbonyl (C=O) groups is 2. The van der Waals surface area contributed by atoms with Crippen molar-refractivity contribution >= 4 is 29.5 Å². The predicted molar refractivity (Wildman–Crippen MR) is 68.8 cm³/mol. The van der Waals surface area contributed by atoms with Gasteiger partial charge in [0.2, 0.25) is 11.8 Å². The molecule has 1 aromatic rings. The van der Waals surface area contributed by atoms with E-state index in [9.17, 15) is 9.59 Å². The summed E-state index contributed by atoms with van der Waals surface area (Å²) in [6.45, 7) is 3.30. The number of primary amides is 1. The molecular formula is C11H15ClN4O2. The second kappa shape index (κ2) is 5.68. The summed E-state index contributed by atoms with van der Waals surface area (Å²) < 4.78 is 1.51. The minimum absolute atomic E-state index is 0.416. The highest BCUT2D eigenvalue weighted by atomic mass is 35.5. The molecule has 0 saturated carbocycles. The lowest BCUT2D eigenvalue weighted by atomic mass is 10.2. The molecular weight excluding hydrogens is 256 g/mol. The van der Waals surface area contributed by atoms with Crippen LogP contribution < -0.4 is 11.1 Å². The lowest BCUT2D eigenvalue weighted by Gasteiger charge is -2.06. The van der Waals surface area contributed by atoms with E-state index >= 15 is 0 Å². The van der Waals surface area contributed by atoms with Crippen molar-refractivity contribution in [3.63, 3.8) is 0 Å². The van der Waals surface area contributed by atoms with E-state index in [2.05, 4.69) is 10.4 Å². The van der Waals surface area contributed by atoms with Gasteiger partial charge in [-0.15, -0.1) is 0 Å². The largest absolute Gasteiger partial charge is 0.368 e. The maximum atomic E-state index is 11.5. The molecule has 0 aliphatic rings. The number of carbonyl (C=O) groups excluding carboxylic acids is 2. The molecule has 2 amide bonds. The highest BCUT2D eigenvalue weighted by Gasteiger charge is 2.11. The van der Waals surface area contributed by atoms with Gasteiger partial charge in [-0.1, -0.05) is 11.6 Å². The van der Waals surface area contributed by atoms with Gasteiger partial charge in [0.25, 0.3) is 0 Å². The van der Waals surface area contributed by atoms with Crippen LogP contribution in [0.4, 0.5) is 0 Å². The molecule has 6 nitrogen and oxygen atoms in total. The van der Waals surface area contributed by atoms with Gasteiger partial charge in [-0.05, 0) is 19.9 Å². The second-order valence-corrected chi connectivity index (χ2v) is 4.24. The van der Waals surface area contributed by atoms with Gasteiger partial charge < -0.3 is 11.1 Å². The molecule has 0 aliphatic heterocycles. The fourth-order valence-corrected chi connectivity index (χ4v) is 1.56. The highest BCUT2D eigenvalue weighted by Crippen LogP contribution is 2.19. The molecule has 0 aliphatic carbocycles. The van der Waals surface area contributed by atoms with Gasteiger partial charge in [0.05, 0.1) is 5.69 Å². The van der Waals surface area contributed by atoms with E-state index in [0.717, 1.165) is 5.69 Å². The van der Waals surface area contributed by atoms with Crippen LogP contribution in [0.2, 0.25) is 5.15 Å². The maximum absolute atomic E-state index is 11.5. The standard InChI is InChI=1S/C11H15ClN4O2/c1-6-8(10(12)16(3)15-6)4-5-9(17)14-7(2)11(13)18/h4-5,7H,1-3H3,(H2,13,18)(H,14,17)/b5-4+. The van der Waals surface area contributed by atoms with Crippen molar-refractivity contribution in [1.29, 1.82) is 0 Å². The Labute approximate surface area is 110 Å². The second-order valence-electron chi connectivity index (χ2n) is 3.88. The number of halogens is 1. The fraction of sp³-hybridized carbons (Fsp3) is 0.364. The fourth-order valence-electron chi connectivity index (χ4n) is 1.33. The Morgan fingerprint density at radius 3 is 2.61 bits per heavy atom. The Balaban J connectivity index is 2.75. The molecule has 0 saturated heterocycles. The Hall–Kier alpha value is -1.82. The number of aryl methyl sites for hydroxylation is 2. The van der Waals surface area contributed by atoms with Crippen LogP contribution in [-0.4, -0.2) is 27.6 Å². The SMILES string of the molecule is Cc1nn(C)c(Cl)c1/C=C/C(=O)NC(C)C(N)=O. The van der Waals surface area contributed by atoms with E-state index in [4.69, 9.17) is 17.3 Å². The summed E-state index contributed by atoms with van der Waals surface area (Å²) in [5.74, 6) is -1.01. The summed E-state index contributed by atoms with van der Waals surface area (Å²) in [6.07, 6.45) is 2.84. The number of rotatable bonds is 4. The van der Waals surface area contributed by atoms with Gasteiger partial charge in [-0.3, -0.25) is 14.3 Å². The van der Waals surface area contributed by atoms with Crippen molar-refractivity contribution in [3.8, 4) is 0 Å². The van der Waals surface area contributed by atoms with E-state index in [1.165, 1.54) is 17.7 Å². The number of hydrogen-bond donors (Lipinski definition) is 2. The van der Waals surface area contributed by atoms with Crippen LogP contribution in [0.25, 0.3) is 6.08 Å². The van der Waals surface area contributed by atoms with Gasteiger partial charge in [0.1, 0.15) is 11.2 Å². The Kier molecular flexibility index (Phi) is 4.49. The van der Waals surface area contributed by atoms with Gasteiger partial charge in [-0.2, -0.15) is 5.10 Å². The molecule has 1 unspecified atom stereocenters. The van der Waals surface area contributed by atoms with Crippen molar-refractivity contribution in [3.05, 3.63) is 22.5 Å². The zero-order valence-electron chi connectivity index (χ0n) is 10.4. The molecule has 0 fully saturated rings. The van der Waals surface area contributed by atoms with Crippen molar-refractivity contribution in [1.82, 2.24) is 15.1 Å². The van der Waals surface area contributed by atoms with Gasteiger partial charge in [0, 0.05) is 18.7 Å². The zero-order valence-corrected chi connectivity index (χ0v) is 11.2. The molecule has 1 atom stereocenters.